The Morgan fingerprint density at radius 2 is 1.26 bits per heavy atom. The number of non-ortho nitro benzene ring substituents is 2. The summed E-state index contributed by atoms with van der Waals surface area (Å²) in [6.45, 7) is 4.44. The maximum atomic E-state index is 10.7. The van der Waals surface area contributed by atoms with Gasteiger partial charge in [0.1, 0.15) is 17.9 Å². The minimum atomic E-state index is -0.886. The van der Waals surface area contributed by atoms with E-state index in [1.807, 2.05) is 0 Å². The van der Waals surface area contributed by atoms with Gasteiger partial charge in [-0.2, -0.15) is 13.5 Å². The summed E-state index contributed by atoms with van der Waals surface area (Å²) in [6.07, 6.45) is -0.218. The minimum Gasteiger partial charge on any atom is -0.388 e. The van der Waals surface area contributed by atoms with Crippen molar-refractivity contribution in [2.24, 2.45) is 0 Å². The van der Waals surface area contributed by atoms with E-state index in [9.17, 15) is 39.7 Å². The molecule has 0 aliphatic rings. The summed E-state index contributed by atoms with van der Waals surface area (Å²) < 4.78 is 0. The van der Waals surface area contributed by atoms with E-state index in [4.69, 9.17) is 0 Å². The van der Waals surface area contributed by atoms with Crippen LogP contribution in [0, 0.1) is 20.2 Å². The van der Waals surface area contributed by atoms with E-state index >= 15 is 0 Å². The van der Waals surface area contributed by atoms with Crippen molar-refractivity contribution in [1.82, 2.24) is 0 Å². The molecule has 2 aromatic carbocycles. The summed E-state index contributed by atoms with van der Waals surface area (Å²) in [5.74, 6) is 0.0425. The van der Waals surface area contributed by atoms with Gasteiger partial charge in [0.15, 0.2) is 0 Å². The number of hydrogen-bond acceptors (Lipinski definition) is 8. The summed E-state index contributed by atoms with van der Waals surface area (Å²) in [5.41, 5.74) is 0.913. The second-order valence-electron chi connectivity index (χ2n) is 6.15. The molecule has 10 nitrogen and oxygen atoms in total. The van der Waals surface area contributed by atoms with Crippen molar-refractivity contribution in [3.8, 4) is 0 Å². The lowest BCUT2D eigenvalue weighted by atomic mass is 10.0. The fraction of sp³-hybridized carbons (Fsp3) is 0.250. The molecule has 31 heavy (non-hydrogen) atoms. The van der Waals surface area contributed by atoms with E-state index in [-0.39, 0.29) is 42.9 Å². The molecule has 0 bridgehead atoms. The van der Waals surface area contributed by atoms with Gasteiger partial charge in [-0.1, -0.05) is 0 Å². The predicted molar refractivity (Wildman–Crippen MR) is 119 cm³/mol. The molecule has 2 rings (SSSR count). The number of carbonyl (C=O) groups excluding carboxylic acids is 3. The molecule has 0 unspecified atom stereocenters. The van der Waals surface area contributed by atoms with Crippen LogP contribution in [0.15, 0.2) is 48.5 Å². The summed E-state index contributed by atoms with van der Waals surface area (Å²) in [5, 5.41) is 30.0. The zero-order chi connectivity index (χ0) is 23.3. The standard InChI is InChI=1S/C10H11NO4.C7H5NO3.C3H6O.H2S/c1-7(12)6-10(13)8-2-4-9(5-3-8)11(14)15;9-5-6-1-3-7(4-2-6)8(10)11;1-3(2)4;/h2-5,10,13H,6H2,1H3;1-5H;1-2H3;1H2/t10-;;;/m0.../s1. The number of aliphatic hydroxyl groups is 1. The van der Waals surface area contributed by atoms with Gasteiger partial charge in [0.25, 0.3) is 11.4 Å². The van der Waals surface area contributed by atoms with Crippen molar-refractivity contribution < 1.29 is 29.3 Å². The van der Waals surface area contributed by atoms with Gasteiger partial charge in [0, 0.05) is 36.2 Å². The molecular weight excluding hydrogens is 428 g/mol. The van der Waals surface area contributed by atoms with Crippen LogP contribution in [0.5, 0.6) is 0 Å². The van der Waals surface area contributed by atoms with Gasteiger partial charge < -0.3 is 9.90 Å². The molecule has 0 saturated heterocycles. The lowest BCUT2D eigenvalue weighted by molar-refractivity contribution is -0.385. The van der Waals surface area contributed by atoms with Crippen LogP contribution in [0.3, 0.4) is 0 Å². The van der Waals surface area contributed by atoms with Crippen LogP contribution in [0.4, 0.5) is 11.4 Å². The Hall–Kier alpha value is -3.44. The average Bonchev–Trinajstić information content (AvgIpc) is 2.67. The molecule has 0 aliphatic carbocycles. The number of nitro benzene ring substituents is 2. The molecule has 168 valence electrons. The quantitative estimate of drug-likeness (QED) is 0.394. The Morgan fingerprint density at radius 1 is 0.903 bits per heavy atom. The van der Waals surface area contributed by atoms with Gasteiger partial charge in [-0.05, 0) is 50.6 Å². The molecule has 0 aromatic heterocycles. The van der Waals surface area contributed by atoms with Gasteiger partial charge in [0.05, 0.1) is 16.0 Å². The molecule has 0 spiro atoms. The van der Waals surface area contributed by atoms with E-state index in [0.717, 1.165) is 0 Å². The summed E-state index contributed by atoms with van der Waals surface area (Å²) in [4.78, 5) is 49.7. The zero-order valence-corrected chi connectivity index (χ0v) is 18.2. The normalized spacial score (nSPS) is 9.94. The Morgan fingerprint density at radius 3 is 1.55 bits per heavy atom. The number of carbonyl (C=O) groups is 3. The van der Waals surface area contributed by atoms with Gasteiger partial charge in [0.2, 0.25) is 0 Å². The molecule has 1 N–H and O–H groups in total. The SMILES string of the molecule is CC(=O)C[C@H](O)c1ccc([N+](=O)[O-])cc1.CC(C)=O.O=Cc1ccc([N+](=O)[O-])cc1.S. The Bertz CT molecular complexity index is 879. The second-order valence-corrected chi connectivity index (χ2v) is 6.15. The maximum Gasteiger partial charge on any atom is 0.269 e. The third kappa shape index (κ3) is 13.4. The number of nitrogens with zero attached hydrogens (tertiary/aromatic N) is 2. The summed E-state index contributed by atoms with van der Waals surface area (Å²) in [6, 6.07) is 10.9. The van der Waals surface area contributed by atoms with E-state index in [1.165, 1.54) is 69.3 Å². The fourth-order valence-electron chi connectivity index (χ4n) is 1.88. The molecule has 2 aromatic rings. The number of aldehydes is 1. The number of rotatable bonds is 6. The van der Waals surface area contributed by atoms with Crippen LogP contribution in [-0.2, 0) is 9.59 Å². The van der Waals surface area contributed by atoms with Crippen LogP contribution in [0.2, 0.25) is 0 Å². The van der Waals surface area contributed by atoms with Crippen molar-refractivity contribution in [2.75, 3.05) is 0 Å². The van der Waals surface area contributed by atoms with Crippen LogP contribution in [0.25, 0.3) is 0 Å². The third-order valence-corrected chi connectivity index (χ3v) is 3.21. The van der Waals surface area contributed by atoms with Gasteiger partial charge in [-0.15, -0.1) is 0 Å². The minimum absolute atomic E-state index is 0. The number of nitro groups is 2. The van der Waals surface area contributed by atoms with Crippen molar-refractivity contribution in [3.63, 3.8) is 0 Å². The van der Waals surface area contributed by atoms with E-state index in [0.29, 0.717) is 17.4 Å². The summed E-state index contributed by atoms with van der Waals surface area (Å²) in [7, 11) is 0. The Labute approximate surface area is 185 Å². The average molecular weight is 452 g/mol. The highest BCUT2D eigenvalue weighted by Crippen LogP contribution is 2.20. The van der Waals surface area contributed by atoms with Crippen molar-refractivity contribution in [2.45, 2.75) is 33.3 Å². The highest BCUT2D eigenvalue weighted by molar-refractivity contribution is 7.59. The highest BCUT2D eigenvalue weighted by Gasteiger charge is 2.12. The Balaban J connectivity index is 0. The number of Topliss-reactive ketones (excluding diaryl/α,β-unsaturated/α-hetero) is 2. The lowest BCUT2D eigenvalue weighted by Crippen LogP contribution is -2.03. The highest BCUT2D eigenvalue weighted by atomic mass is 32.1. The van der Waals surface area contributed by atoms with Gasteiger partial charge in [-0.3, -0.25) is 29.8 Å². The van der Waals surface area contributed by atoms with E-state index in [2.05, 4.69) is 0 Å². The number of ketones is 2. The van der Waals surface area contributed by atoms with E-state index in [1.54, 1.807) is 0 Å². The molecule has 0 fully saturated rings. The summed E-state index contributed by atoms with van der Waals surface area (Å²) >= 11 is 0. The first-order valence-electron chi connectivity index (χ1n) is 8.56. The fourth-order valence-corrected chi connectivity index (χ4v) is 1.88. The smallest absolute Gasteiger partial charge is 0.269 e. The first-order valence-corrected chi connectivity index (χ1v) is 8.56. The van der Waals surface area contributed by atoms with Crippen LogP contribution in [-0.4, -0.2) is 32.8 Å². The van der Waals surface area contributed by atoms with Crippen molar-refractivity contribution in [3.05, 3.63) is 79.9 Å². The molecule has 0 saturated carbocycles. The Kier molecular flexibility index (Phi) is 14.8. The molecule has 0 aliphatic heterocycles. The molecule has 1 atom stereocenters. The molecule has 0 radical (unpaired) electrons. The van der Waals surface area contributed by atoms with Crippen LogP contribution in [0.1, 0.15) is 49.2 Å². The van der Waals surface area contributed by atoms with Crippen molar-refractivity contribution in [1.29, 1.82) is 0 Å². The number of hydrogen-bond donors (Lipinski definition) is 1. The third-order valence-electron chi connectivity index (χ3n) is 3.21. The van der Waals surface area contributed by atoms with Crippen LogP contribution < -0.4 is 0 Å². The van der Waals surface area contributed by atoms with Gasteiger partial charge >= 0.3 is 0 Å². The second kappa shape index (κ2) is 15.4. The number of benzene rings is 2. The first-order chi connectivity index (χ1) is 14.0. The van der Waals surface area contributed by atoms with E-state index < -0.39 is 16.0 Å². The zero-order valence-electron chi connectivity index (χ0n) is 17.2. The molecular formula is C20H24N2O8S. The first kappa shape index (κ1) is 29.8. The topological polar surface area (TPSA) is 158 Å². The van der Waals surface area contributed by atoms with Crippen molar-refractivity contribution >= 4 is 42.7 Å². The van der Waals surface area contributed by atoms with Crippen LogP contribution >= 0.6 is 13.5 Å². The lowest BCUT2D eigenvalue weighted by Gasteiger charge is -2.07. The molecule has 11 heteroatoms. The largest absolute Gasteiger partial charge is 0.388 e. The number of aliphatic hydroxyl groups excluding tert-OH is 1. The molecule has 0 heterocycles. The monoisotopic (exact) mass is 452 g/mol. The maximum absolute atomic E-state index is 10.7. The van der Waals surface area contributed by atoms with Gasteiger partial charge in [-0.25, -0.2) is 0 Å². The predicted octanol–water partition coefficient (Wildman–Crippen LogP) is 3.72. The molecule has 0 amide bonds.